The minimum Gasteiger partial charge on any atom is -0.496 e. The summed E-state index contributed by atoms with van der Waals surface area (Å²) < 4.78 is 17.9. The van der Waals surface area contributed by atoms with Crippen molar-refractivity contribution in [2.75, 3.05) is 7.11 Å². The van der Waals surface area contributed by atoms with Gasteiger partial charge >= 0.3 is 7.12 Å². The Bertz CT molecular complexity index is 806. The van der Waals surface area contributed by atoms with E-state index in [9.17, 15) is 0 Å². The van der Waals surface area contributed by atoms with Crippen molar-refractivity contribution in [1.82, 2.24) is 9.97 Å². The van der Waals surface area contributed by atoms with Gasteiger partial charge in [-0.05, 0) is 59.1 Å². The predicted octanol–water partition coefficient (Wildman–Crippen LogP) is 3.69. The minimum atomic E-state index is -0.387. The second-order valence-electron chi connectivity index (χ2n) is 7.88. The van der Waals surface area contributed by atoms with Crippen molar-refractivity contribution < 1.29 is 14.0 Å². The standard InChI is InChI=1S/C20H27BN2O3S/c1-13-10-14(2)23-18(22-13)27-12-15-11-16(8-9-17(15)24-7)21-25-19(3,4)20(5,6)26-21/h8-11H,12H2,1-7H3. The Kier molecular flexibility index (Phi) is 5.57. The summed E-state index contributed by atoms with van der Waals surface area (Å²) in [5.41, 5.74) is 3.29. The highest BCUT2D eigenvalue weighted by Gasteiger charge is 2.51. The van der Waals surface area contributed by atoms with E-state index in [1.165, 1.54) is 0 Å². The maximum atomic E-state index is 6.18. The van der Waals surface area contributed by atoms with Gasteiger partial charge < -0.3 is 14.0 Å². The van der Waals surface area contributed by atoms with E-state index in [2.05, 4.69) is 43.7 Å². The Morgan fingerprint density at radius 3 is 2.15 bits per heavy atom. The normalized spacial score (nSPS) is 18.0. The molecule has 1 aromatic carbocycles. The van der Waals surface area contributed by atoms with E-state index in [0.717, 1.165) is 33.3 Å². The first-order valence-corrected chi connectivity index (χ1v) is 10.1. The number of benzene rings is 1. The Labute approximate surface area is 166 Å². The number of methoxy groups -OCH3 is 1. The molecule has 0 spiro atoms. The lowest BCUT2D eigenvalue weighted by atomic mass is 9.78. The fraction of sp³-hybridized carbons (Fsp3) is 0.500. The molecule has 0 unspecified atom stereocenters. The molecule has 2 aromatic rings. The zero-order valence-corrected chi connectivity index (χ0v) is 17.9. The molecule has 2 heterocycles. The molecule has 0 saturated carbocycles. The molecule has 1 saturated heterocycles. The van der Waals surface area contributed by atoms with Crippen molar-refractivity contribution in [2.24, 2.45) is 0 Å². The van der Waals surface area contributed by atoms with Crippen molar-refractivity contribution in [3.05, 3.63) is 41.2 Å². The van der Waals surface area contributed by atoms with Crippen LogP contribution in [0.1, 0.15) is 44.6 Å². The van der Waals surface area contributed by atoms with Crippen LogP contribution >= 0.6 is 11.8 Å². The first-order chi connectivity index (χ1) is 12.6. The molecule has 0 atom stereocenters. The SMILES string of the molecule is COc1ccc(B2OC(C)(C)C(C)(C)O2)cc1CSc1nc(C)cc(C)n1. The van der Waals surface area contributed by atoms with Gasteiger partial charge in [-0.1, -0.05) is 23.9 Å². The monoisotopic (exact) mass is 386 g/mol. The highest BCUT2D eigenvalue weighted by molar-refractivity contribution is 7.98. The van der Waals surface area contributed by atoms with Gasteiger partial charge in [-0.3, -0.25) is 0 Å². The Morgan fingerprint density at radius 2 is 1.59 bits per heavy atom. The number of rotatable bonds is 5. The first-order valence-electron chi connectivity index (χ1n) is 9.09. The number of hydrogen-bond acceptors (Lipinski definition) is 6. The summed E-state index contributed by atoms with van der Waals surface area (Å²) in [6.07, 6.45) is 0. The van der Waals surface area contributed by atoms with Gasteiger partial charge in [0, 0.05) is 22.7 Å². The number of ether oxygens (including phenoxy) is 1. The average molecular weight is 386 g/mol. The van der Waals surface area contributed by atoms with Gasteiger partial charge in [-0.15, -0.1) is 0 Å². The quantitative estimate of drug-likeness (QED) is 0.444. The second-order valence-corrected chi connectivity index (χ2v) is 8.82. The molecule has 0 aliphatic carbocycles. The molecule has 0 bridgehead atoms. The fourth-order valence-corrected chi connectivity index (χ4v) is 3.86. The third kappa shape index (κ3) is 4.31. The minimum absolute atomic E-state index is 0.362. The second kappa shape index (κ2) is 7.45. The lowest BCUT2D eigenvalue weighted by Crippen LogP contribution is -2.41. The van der Waals surface area contributed by atoms with E-state index < -0.39 is 0 Å². The zero-order valence-electron chi connectivity index (χ0n) is 17.1. The Hall–Kier alpha value is -1.57. The molecular weight excluding hydrogens is 359 g/mol. The summed E-state index contributed by atoms with van der Waals surface area (Å²) in [5, 5.41) is 0.774. The maximum Gasteiger partial charge on any atom is 0.494 e. The summed E-state index contributed by atoms with van der Waals surface area (Å²) in [7, 11) is 1.30. The Morgan fingerprint density at radius 1 is 1.00 bits per heavy atom. The van der Waals surface area contributed by atoms with Crippen LogP contribution in [0.5, 0.6) is 5.75 Å². The molecule has 1 aromatic heterocycles. The zero-order chi connectivity index (χ0) is 19.8. The van der Waals surface area contributed by atoms with E-state index >= 15 is 0 Å². The van der Waals surface area contributed by atoms with E-state index in [-0.39, 0.29) is 18.3 Å². The molecule has 144 valence electrons. The smallest absolute Gasteiger partial charge is 0.494 e. The number of aromatic nitrogens is 2. The molecule has 0 N–H and O–H groups in total. The summed E-state index contributed by atoms with van der Waals surface area (Å²) in [6, 6.07) is 8.04. The van der Waals surface area contributed by atoms with Gasteiger partial charge in [-0.25, -0.2) is 9.97 Å². The molecule has 7 heteroatoms. The van der Waals surface area contributed by atoms with Crippen LogP contribution in [0.25, 0.3) is 0 Å². The van der Waals surface area contributed by atoms with E-state index in [1.54, 1.807) is 18.9 Å². The highest BCUT2D eigenvalue weighted by atomic mass is 32.2. The van der Waals surface area contributed by atoms with Crippen LogP contribution in [0.15, 0.2) is 29.4 Å². The molecule has 1 aliphatic rings. The van der Waals surface area contributed by atoms with Crippen molar-refractivity contribution in [2.45, 2.75) is 63.7 Å². The van der Waals surface area contributed by atoms with Crippen LogP contribution in [0.2, 0.25) is 0 Å². The van der Waals surface area contributed by atoms with Gasteiger partial charge in [0.2, 0.25) is 0 Å². The van der Waals surface area contributed by atoms with Crippen LogP contribution in [-0.2, 0) is 15.1 Å². The summed E-state index contributed by atoms with van der Waals surface area (Å²) in [6.45, 7) is 12.2. The lowest BCUT2D eigenvalue weighted by Gasteiger charge is -2.32. The van der Waals surface area contributed by atoms with Crippen LogP contribution in [0.3, 0.4) is 0 Å². The highest BCUT2D eigenvalue weighted by Crippen LogP contribution is 2.37. The van der Waals surface area contributed by atoms with Gasteiger partial charge in [-0.2, -0.15) is 0 Å². The molecule has 0 radical (unpaired) electrons. The third-order valence-electron chi connectivity index (χ3n) is 5.15. The van der Waals surface area contributed by atoms with Crippen LogP contribution in [0.4, 0.5) is 0 Å². The third-order valence-corrected chi connectivity index (χ3v) is 6.04. The van der Waals surface area contributed by atoms with Gasteiger partial charge in [0.05, 0.1) is 18.3 Å². The molecular formula is C20H27BN2O3S. The van der Waals surface area contributed by atoms with Crippen LogP contribution in [-0.4, -0.2) is 35.4 Å². The van der Waals surface area contributed by atoms with Crippen molar-refractivity contribution in [1.29, 1.82) is 0 Å². The molecule has 0 amide bonds. The van der Waals surface area contributed by atoms with Gasteiger partial charge in [0.15, 0.2) is 5.16 Å². The number of nitrogens with zero attached hydrogens (tertiary/aromatic N) is 2. The van der Waals surface area contributed by atoms with Crippen molar-refractivity contribution >= 4 is 24.3 Å². The first kappa shape index (κ1) is 20.2. The van der Waals surface area contributed by atoms with Crippen molar-refractivity contribution in [3.8, 4) is 5.75 Å². The summed E-state index contributed by atoms with van der Waals surface area (Å²) in [4.78, 5) is 9.01. The lowest BCUT2D eigenvalue weighted by molar-refractivity contribution is 0.00578. The number of hydrogen-bond donors (Lipinski definition) is 0. The fourth-order valence-electron chi connectivity index (χ4n) is 2.94. The van der Waals surface area contributed by atoms with E-state index in [1.807, 2.05) is 32.0 Å². The van der Waals surface area contributed by atoms with Gasteiger partial charge in [0.25, 0.3) is 0 Å². The van der Waals surface area contributed by atoms with E-state index in [4.69, 9.17) is 14.0 Å². The Balaban J connectivity index is 1.82. The predicted molar refractivity (Wildman–Crippen MR) is 110 cm³/mol. The van der Waals surface area contributed by atoms with Crippen molar-refractivity contribution in [3.63, 3.8) is 0 Å². The number of aryl methyl sites for hydroxylation is 2. The molecule has 1 aliphatic heterocycles. The summed E-state index contributed by atoms with van der Waals surface area (Å²) in [5.74, 6) is 1.55. The van der Waals surface area contributed by atoms with E-state index in [0.29, 0.717) is 5.75 Å². The maximum absolute atomic E-state index is 6.18. The topological polar surface area (TPSA) is 53.5 Å². The molecule has 3 rings (SSSR count). The summed E-state index contributed by atoms with van der Waals surface area (Å²) >= 11 is 1.60. The number of thioether (sulfide) groups is 1. The average Bonchev–Trinajstić information content (AvgIpc) is 2.79. The van der Waals surface area contributed by atoms with Gasteiger partial charge in [0.1, 0.15) is 5.75 Å². The van der Waals surface area contributed by atoms with Crippen LogP contribution < -0.4 is 10.2 Å². The molecule has 5 nitrogen and oxygen atoms in total. The largest absolute Gasteiger partial charge is 0.496 e. The van der Waals surface area contributed by atoms with Crippen LogP contribution in [0, 0.1) is 13.8 Å². The molecule has 1 fully saturated rings. The molecule has 27 heavy (non-hydrogen) atoms.